The van der Waals surface area contributed by atoms with Crippen molar-refractivity contribution in [1.82, 2.24) is 0 Å². The number of rotatable bonds is 13. The molecule has 0 aromatic heterocycles. The van der Waals surface area contributed by atoms with Crippen molar-refractivity contribution in [3.05, 3.63) is 58.2 Å². The summed E-state index contributed by atoms with van der Waals surface area (Å²) in [4.78, 5) is 12.8. The van der Waals surface area contributed by atoms with Crippen molar-refractivity contribution in [1.29, 1.82) is 10.5 Å². The van der Waals surface area contributed by atoms with Gasteiger partial charge in [0.05, 0.1) is 12.2 Å². The Morgan fingerprint density at radius 2 is 1.49 bits per heavy atom. The second-order valence-electron chi connectivity index (χ2n) is 10.4. The fourth-order valence-electron chi connectivity index (χ4n) is 5.34. The molecule has 1 saturated carbocycles. The van der Waals surface area contributed by atoms with Crippen LogP contribution in [0.5, 0.6) is 11.5 Å². The molecule has 0 saturated heterocycles. The van der Waals surface area contributed by atoms with Gasteiger partial charge in [0.15, 0.2) is 17.4 Å². The number of carbonyl (C=O) groups is 1. The summed E-state index contributed by atoms with van der Waals surface area (Å²) in [5.74, 6) is -2.84. The van der Waals surface area contributed by atoms with Crippen LogP contribution in [0.4, 0.5) is 8.78 Å². The van der Waals surface area contributed by atoms with E-state index in [9.17, 15) is 15.3 Å². The predicted octanol–water partition coefficient (Wildman–Crippen LogP) is 8.74. The van der Waals surface area contributed by atoms with Crippen molar-refractivity contribution in [2.75, 3.05) is 6.61 Å². The monoisotopic (exact) mass is 536 g/mol. The molecule has 2 aromatic rings. The van der Waals surface area contributed by atoms with Crippen LogP contribution in [-0.4, -0.2) is 12.6 Å². The number of nitrogens with zero attached hydrogens (tertiary/aromatic N) is 2. The summed E-state index contributed by atoms with van der Waals surface area (Å²) in [5, 5.41) is 19.3. The van der Waals surface area contributed by atoms with E-state index in [-0.39, 0.29) is 28.5 Å². The molecule has 0 spiro atoms. The normalized spacial score (nSPS) is 16.8. The van der Waals surface area contributed by atoms with Crippen LogP contribution in [0.2, 0.25) is 0 Å². The Morgan fingerprint density at radius 3 is 2.15 bits per heavy atom. The summed E-state index contributed by atoms with van der Waals surface area (Å²) in [6, 6.07) is 9.30. The Balaban J connectivity index is 1.70. The highest BCUT2D eigenvalue weighted by molar-refractivity contribution is 5.92. The van der Waals surface area contributed by atoms with Gasteiger partial charge in [0.25, 0.3) is 0 Å². The Kier molecular flexibility index (Phi) is 11.7. The first kappa shape index (κ1) is 30.1. The minimum atomic E-state index is -1.26. The van der Waals surface area contributed by atoms with Crippen LogP contribution in [0.1, 0.15) is 124 Å². The Morgan fingerprint density at radius 1 is 0.846 bits per heavy atom. The standard InChI is InChI=1S/C32H38F2N2O3/c1-3-5-7-9-19-38-28-17-18-29(27(21-36)26(28)20-35)39-32(37)25-16-15-24(30(33)31(25)34)23-13-11-22(12-14-23)10-8-6-4-2/h15-18,22-23H,3-14,19H2,1-2H3. The van der Waals surface area contributed by atoms with Crippen molar-refractivity contribution >= 4 is 5.97 Å². The molecule has 1 aliphatic carbocycles. The van der Waals surface area contributed by atoms with Gasteiger partial charge in [-0.3, -0.25) is 0 Å². The fourth-order valence-corrected chi connectivity index (χ4v) is 5.34. The topological polar surface area (TPSA) is 83.1 Å². The number of ether oxygens (including phenoxy) is 2. The number of esters is 1. The van der Waals surface area contributed by atoms with Crippen LogP contribution in [0.25, 0.3) is 0 Å². The highest BCUT2D eigenvalue weighted by Crippen LogP contribution is 2.39. The van der Waals surface area contributed by atoms with E-state index >= 15 is 8.78 Å². The quantitative estimate of drug-likeness (QED) is 0.145. The Bertz CT molecular complexity index is 1210. The van der Waals surface area contributed by atoms with Crippen molar-refractivity contribution in [3.63, 3.8) is 0 Å². The summed E-state index contributed by atoms with van der Waals surface area (Å²) in [6.07, 6.45) is 12.3. The molecular weight excluding hydrogens is 498 g/mol. The van der Waals surface area contributed by atoms with E-state index in [2.05, 4.69) is 13.8 Å². The smallest absolute Gasteiger partial charge is 0.346 e. The molecule has 0 radical (unpaired) electrons. The third kappa shape index (κ3) is 7.79. The van der Waals surface area contributed by atoms with Gasteiger partial charge in [0, 0.05) is 0 Å². The Labute approximate surface area is 230 Å². The number of halogens is 2. The molecular formula is C32H38F2N2O3. The van der Waals surface area contributed by atoms with Gasteiger partial charge in [-0.2, -0.15) is 10.5 Å². The Hall–Kier alpha value is -3.45. The zero-order valence-corrected chi connectivity index (χ0v) is 23.0. The van der Waals surface area contributed by atoms with Crippen molar-refractivity contribution in [3.8, 4) is 23.6 Å². The van der Waals surface area contributed by atoms with Crippen LogP contribution in [-0.2, 0) is 0 Å². The highest BCUT2D eigenvalue weighted by atomic mass is 19.2. The molecule has 1 fully saturated rings. The van der Waals surface area contributed by atoms with E-state index in [1.807, 2.05) is 12.1 Å². The predicted molar refractivity (Wildman–Crippen MR) is 146 cm³/mol. The van der Waals surface area contributed by atoms with Crippen molar-refractivity contribution in [2.45, 2.75) is 96.8 Å². The van der Waals surface area contributed by atoms with Gasteiger partial charge in [-0.1, -0.05) is 64.9 Å². The van der Waals surface area contributed by atoms with Gasteiger partial charge in [-0.05, 0) is 67.7 Å². The average molecular weight is 537 g/mol. The minimum Gasteiger partial charge on any atom is -0.492 e. The number of nitriles is 2. The van der Waals surface area contributed by atoms with E-state index in [0.717, 1.165) is 51.4 Å². The zero-order chi connectivity index (χ0) is 28.2. The molecule has 1 aliphatic rings. The summed E-state index contributed by atoms with van der Waals surface area (Å²) in [7, 11) is 0. The lowest BCUT2D eigenvalue weighted by atomic mass is 9.76. The molecule has 2 aromatic carbocycles. The maximum atomic E-state index is 15.1. The summed E-state index contributed by atoms with van der Waals surface area (Å²) in [6.45, 7) is 4.67. The van der Waals surface area contributed by atoms with E-state index < -0.39 is 23.2 Å². The molecule has 7 heteroatoms. The number of benzene rings is 2. The fraction of sp³-hybridized carbons (Fsp3) is 0.531. The summed E-state index contributed by atoms with van der Waals surface area (Å²) >= 11 is 0. The molecule has 0 amide bonds. The van der Waals surface area contributed by atoms with Crippen LogP contribution in [0.3, 0.4) is 0 Å². The van der Waals surface area contributed by atoms with Gasteiger partial charge in [0.1, 0.15) is 29.0 Å². The lowest BCUT2D eigenvalue weighted by molar-refractivity contribution is 0.0727. The number of unbranched alkanes of at least 4 members (excludes halogenated alkanes) is 5. The maximum Gasteiger partial charge on any atom is 0.346 e. The SMILES string of the molecule is CCCCCCOc1ccc(OC(=O)c2ccc(C3CCC(CCCCC)CC3)c(F)c2F)c(C#N)c1C#N. The molecule has 3 rings (SSSR count). The zero-order valence-electron chi connectivity index (χ0n) is 23.0. The number of hydrogen-bond acceptors (Lipinski definition) is 5. The van der Waals surface area contributed by atoms with E-state index in [0.29, 0.717) is 18.1 Å². The first-order valence-corrected chi connectivity index (χ1v) is 14.2. The van der Waals surface area contributed by atoms with E-state index in [1.54, 1.807) is 0 Å². The van der Waals surface area contributed by atoms with E-state index in [4.69, 9.17) is 9.47 Å². The molecule has 39 heavy (non-hydrogen) atoms. The number of carbonyl (C=O) groups excluding carboxylic acids is 1. The van der Waals surface area contributed by atoms with Gasteiger partial charge in [-0.15, -0.1) is 0 Å². The van der Waals surface area contributed by atoms with Crippen LogP contribution in [0.15, 0.2) is 24.3 Å². The molecule has 0 N–H and O–H groups in total. The average Bonchev–Trinajstić information content (AvgIpc) is 2.95. The molecule has 5 nitrogen and oxygen atoms in total. The largest absolute Gasteiger partial charge is 0.492 e. The highest BCUT2D eigenvalue weighted by Gasteiger charge is 2.28. The second kappa shape index (κ2) is 15.2. The molecule has 0 aliphatic heterocycles. The van der Waals surface area contributed by atoms with Gasteiger partial charge in [0.2, 0.25) is 0 Å². The summed E-state index contributed by atoms with van der Waals surface area (Å²) in [5.41, 5.74) is -0.514. The molecule has 208 valence electrons. The first-order valence-electron chi connectivity index (χ1n) is 14.2. The van der Waals surface area contributed by atoms with Crippen LogP contribution >= 0.6 is 0 Å². The van der Waals surface area contributed by atoms with Gasteiger partial charge < -0.3 is 9.47 Å². The lowest BCUT2D eigenvalue weighted by Gasteiger charge is -2.29. The molecule has 0 heterocycles. The summed E-state index contributed by atoms with van der Waals surface area (Å²) < 4.78 is 41.1. The van der Waals surface area contributed by atoms with Crippen molar-refractivity contribution < 1.29 is 23.0 Å². The molecule has 0 bridgehead atoms. The van der Waals surface area contributed by atoms with Crippen LogP contribution < -0.4 is 9.47 Å². The third-order valence-electron chi connectivity index (χ3n) is 7.65. The molecule has 0 atom stereocenters. The van der Waals surface area contributed by atoms with Gasteiger partial charge >= 0.3 is 5.97 Å². The second-order valence-corrected chi connectivity index (χ2v) is 10.4. The van der Waals surface area contributed by atoms with E-state index in [1.165, 1.54) is 49.9 Å². The molecule has 0 unspecified atom stereocenters. The van der Waals surface area contributed by atoms with Crippen molar-refractivity contribution in [2.24, 2.45) is 5.92 Å². The third-order valence-corrected chi connectivity index (χ3v) is 7.65. The first-order chi connectivity index (χ1) is 18.9. The lowest BCUT2D eigenvalue weighted by Crippen LogP contribution is -2.17. The van der Waals surface area contributed by atoms with Gasteiger partial charge in [-0.25, -0.2) is 13.6 Å². The van der Waals surface area contributed by atoms with Crippen LogP contribution in [0, 0.1) is 40.2 Å². The minimum absolute atomic E-state index is 0.0643. The number of hydrogen-bond donors (Lipinski definition) is 0. The maximum absolute atomic E-state index is 15.1.